The largest absolute Gasteiger partial charge is 0.497 e. The first-order valence-corrected chi connectivity index (χ1v) is 30.6. The molecule has 0 N–H and O–H groups in total. The highest BCUT2D eigenvalue weighted by Gasteiger charge is 2.56. The summed E-state index contributed by atoms with van der Waals surface area (Å²) in [5.74, 6) is -0.645. The van der Waals surface area contributed by atoms with Crippen LogP contribution in [0.5, 0.6) is 0 Å². The zero-order valence-electron chi connectivity index (χ0n) is 52.7. The van der Waals surface area contributed by atoms with E-state index in [1.165, 1.54) is 12.1 Å². The van der Waals surface area contributed by atoms with Crippen molar-refractivity contribution in [3.05, 3.63) is 252 Å². The molecule has 0 spiro atoms. The molecule has 0 bridgehead atoms. The van der Waals surface area contributed by atoms with Gasteiger partial charge >= 0.3 is 26.6 Å². The second-order valence-electron chi connectivity index (χ2n) is 24.5. The number of benzene rings is 8. The van der Waals surface area contributed by atoms with E-state index in [4.69, 9.17) is 40.2 Å². The van der Waals surface area contributed by atoms with Crippen LogP contribution in [-0.2, 0) is 31.0 Å². The first kappa shape index (κ1) is 67.1. The fourth-order valence-electron chi connectivity index (χ4n) is 10.3. The molecule has 0 radical (unpaired) electrons. The SMILES string of the molecule is CC1(C)OB(c2cc(C(F)(F)F)cc(B3OC(C)(C)C(C)(C)O3)c2F)OC1(C)C.Clc1cc(-c2ccccc2)nc(-c2ccccc2)n1.Fc1c(-c2cc(-c3ccccc3)nc(-c3ccccc3)n2)cc(C(F)(F)F)cc1-c1cc(-c2ccccc2)nc(-c2ccccc2)n1. The van der Waals surface area contributed by atoms with Crippen LogP contribution in [0.2, 0.25) is 5.15 Å². The van der Waals surface area contributed by atoms with Gasteiger partial charge in [-0.2, -0.15) is 26.3 Å². The van der Waals surface area contributed by atoms with E-state index in [0.29, 0.717) is 44.6 Å². The third kappa shape index (κ3) is 15.0. The molecular formula is C74H61B2ClF8N6O4. The monoisotopic (exact) mass is 1310 g/mol. The number of aromatic nitrogens is 6. The molecule has 2 aliphatic rings. The Labute approximate surface area is 550 Å². The minimum Gasteiger partial charge on any atom is -0.399 e. The number of hydrogen-bond acceptors (Lipinski definition) is 10. The van der Waals surface area contributed by atoms with Gasteiger partial charge in [0.25, 0.3) is 0 Å². The zero-order valence-corrected chi connectivity index (χ0v) is 53.5. The average molecular weight is 1310 g/mol. The molecule has 3 aromatic heterocycles. The summed E-state index contributed by atoms with van der Waals surface area (Å²) in [5.41, 5.74) is -0.306. The maximum atomic E-state index is 16.9. The van der Waals surface area contributed by atoms with E-state index >= 15 is 8.78 Å². The average Bonchev–Trinajstić information content (AvgIpc) is 1.73. The molecule has 0 aliphatic carbocycles. The van der Waals surface area contributed by atoms with Crippen LogP contribution in [0.25, 0.3) is 90.5 Å². The second-order valence-corrected chi connectivity index (χ2v) is 24.9. The first-order valence-electron chi connectivity index (χ1n) is 30.2. The fraction of sp³-hybridized carbons (Fsp3) is 0.189. The Kier molecular flexibility index (Phi) is 19.0. The smallest absolute Gasteiger partial charge is 0.399 e. The summed E-state index contributed by atoms with van der Waals surface area (Å²) >= 11 is 6.10. The van der Waals surface area contributed by atoms with Gasteiger partial charge in [-0.05, 0) is 91.8 Å². The van der Waals surface area contributed by atoms with E-state index < -0.39 is 71.8 Å². The fourth-order valence-corrected chi connectivity index (χ4v) is 10.5. The van der Waals surface area contributed by atoms with Crippen molar-refractivity contribution in [2.75, 3.05) is 0 Å². The van der Waals surface area contributed by atoms with Gasteiger partial charge in [-0.25, -0.2) is 38.7 Å². The Bertz CT molecular complexity index is 4120. The number of halogens is 9. The normalized spacial score (nSPS) is 15.3. The predicted molar refractivity (Wildman–Crippen MR) is 356 cm³/mol. The van der Waals surface area contributed by atoms with Crippen LogP contribution < -0.4 is 10.9 Å². The molecule has 2 saturated heterocycles. The van der Waals surface area contributed by atoms with Crippen molar-refractivity contribution in [2.45, 2.75) is 90.1 Å². The van der Waals surface area contributed by atoms with E-state index in [2.05, 4.69) is 19.9 Å². The molecule has 11 aromatic rings. The van der Waals surface area contributed by atoms with E-state index in [9.17, 15) is 26.3 Å². The topological polar surface area (TPSA) is 114 Å². The lowest BCUT2D eigenvalue weighted by molar-refractivity contribution is -0.138. The Morgan fingerprint density at radius 1 is 0.316 bits per heavy atom. The summed E-state index contributed by atoms with van der Waals surface area (Å²) in [6.07, 6.45) is -9.48. The molecule has 13 rings (SSSR count). The lowest BCUT2D eigenvalue weighted by atomic mass is 9.70. The van der Waals surface area contributed by atoms with Gasteiger partial charge in [-0.1, -0.05) is 194 Å². The van der Waals surface area contributed by atoms with Gasteiger partial charge in [0.15, 0.2) is 17.5 Å². The van der Waals surface area contributed by atoms with Gasteiger partial charge in [-0.15, -0.1) is 0 Å². The Morgan fingerprint density at radius 2 is 0.568 bits per heavy atom. The van der Waals surface area contributed by atoms with Crippen LogP contribution in [0.1, 0.15) is 66.5 Å². The number of hydrogen-bond donors (Lipinski definition) is 0. The summed E-state index contributed by atoms with van der Waals surface area (Å²) < 4.78 is 140. The highest BCUT2D eigenvalue weighted by atomic mass is 35.5. The summed E-state index contributed by atoms with van der Waals surface area (Å²) in [6.45, 7) is 13.9. The third-order valence-electron chi connectivity index (χ3n) is 16.9. The quantitative estimate of drug-likeness (QED) is 0.0745. The van der Waals surface area contributed by atoms with Gasteiger partial charge in [0.2, 0.25) is 0 Å². The lowest BCUT2D eigenvalue weighted by Crippen LogP contribution is -2.46. The van der Waals surface area contributed by atoms with Crippen molar-refractivity contribution in [3.8, 4) is 90.5 Å². The molecule has 5 heterocycles. The van der Waals surface area contributed by atoms with Crippen molar-refractivity contribution in [3.63, 3.8) is 0 Å². The second kappa shape index (κ2) is 26.8. The number of rotatable bonds is 10. The summed E-state index contributed by atoms with van der Waals surface area (Å²) in [4.78, 5) is 27.4. The van der Waals surface area contributed by atoms with Crippen LogP contribution in [-0.4, -0.2) is 66.5 Å². The summed E-state index contributed by atoms with van der Waals surface area (Å²) in [5, 5.41) is 0.452. The summed E-state index contributed by atoms with van der Waals surface area (Å²) in [7, 11) is -2.58. The molecule has 0 atom stereocenters. The standard InChI is InChI=1S/C39H24F4N4.C19H26B2F4O4.C16H11ClN2/c40-36-30(34-23-32(25-13-5-1-6-14-25)44-37(46-34)27-17-9-3-10-18-27)21-29(39(41,42)43)22-31(36)35-24-33(26-15-7-2-8-16-26)45-38(47-35)28-19-11-4-12-20-28;1-15(2)16(3,4)27-20(26-15)12-9-11(19(23,24)25)10-13(14(12)22)21-28-17(5,6)18(7,8)29-21;17-15-11-14(12-7-3-1-4-8-12)18-16(19-15)13-9-5-2-6-10-13/h1-24H;9-10H,1-8H3;1-11H. The molecule has 0 saturated carbocycles. The van der Waals surface area contributed by atoms with Crippen LogP contribution in [0.3, 0.4) is 0 Å². The van der Waals surface area contributed by atoms with Gasteiger partial charge in [0, 0.05) is 61.5 Å². The molecule has 21 heteroatoms. The maximum absolute atomic E-state index is 16.9. The van der Waals surface area contributed by atoms with Gasteiger partial charge in [-0.3, -0.25) is 0 Å². The van der Waals surface area contributed by atoms with Crippen LogP contribution >= 0.6 is 11.6 Å². The van der Waals surface area contributed by atoms with Gasteiger partial charge in [0.05, 0.1) is 62.0 Å². The van der Waals surface area contributed by atoms with E-state index in [1.807, 2.05) is 133 Å². The van der Waals surface area contributed by atoms with E-state index in [-0.39, 0.29) is 45.1 Å². The highest BCUT2D eigenvalue weighted by Crippen LogP contribution is 2.43. The maximum Gasteiger partial charge on any atom is 0.497 e. The number of nitrogens with zero attached hydrogens (tertiary/aromatic N) is 6. The molecule has 0 unspecified atom stereocenters. The van der Waals surface area contributed by atoms with Crippen molar-refractivity contribution >= 4 is 36.8 Å². The molecule has 2 aliphatic heterocycles. The van der Waals surface area contributed by atoms with Crippen molar-refractivity contribution < 1.29 is 53.7 Å². The lowest BCUT2D eigenvalue weighted by Gasteiger charge is -2.32. The van der Waals surface area contributed by atoms with Crippen LogP contribution in [0.4, 0.5) is 35.1 Å². The van der Waals surface area contributed by atoms with Crippen molar-refractivity contribution in [1.82, 2.24) is 29.9 Å². The first-order chi connectivity index (χ1) is 45.0. The third-order valence-corrected chi connectivity index (χ3v) is 17.1. The highest BCUT2D eigenvalue weighted by molar-refractivity contribution is 6.66. The van der Waals surface area contributed by atoms with Gasteiger partial charge < -0.3 is 18.6 Å². The molecule has 8 aromatic carbocycles. The molecule has 2 fully saturated rings. The minimum absolute atomic E-state index is 0.00294. The summed E-state index contributed by atoms with van der Waals surface area (Å²) in [6, 6.07) is 64.0. The molecule has 10 nitrogen and oxygen atoms in total. The minimum atomic E-state index is -4.79. The molecule has 480 valence electrons. The zero-order chi connectivity index (χ0) is 67.7. The Hall–Kier alpha value is -9.30. The van der Waals surface area contributed by atoms with Crippen LogP contribution in [0.15, 0.2) is 224 Å². The Balaban J connectivity index is 0.000000162. The van der Waals surface area contributed by atoms with Gasteiger partial charge in [0.1, 0.15) is 16.8 Å². The molecule has 0 amide bonds. The molecule has 95 heavy (non-hydrogen) atoms. The van der Waals surface area contributed by atoms with Crippen molar-refractivity contribution in [1.29, 1.82) is 0 Å². The predicted octanol–water partition coefficient (Wildman–Crippen LogP) is 18.3. The van der Waals surface area contributed by atoms with E-state index in [0.717, 1.165) is 41.1 Å². The molecular weight excluding hydrogens is 1250 g/mol. The Morgan fingerprint density at radius 3 is 0.863 bits per heavy atom. The van der Waals surface area contributed by atoms with E-state index in [1.54, 1.807) is 110 Å². The van der Waals surface area contributed by atoms with Crippen LogP contribution in [0, 0.1) is 11.6 Å². The number of alkyl halides is 6. The van der Waals surface area contributed by atoms with Crippen molar-refractivity contribution in [2.24, 2.45) is 0 Å².